The summed E-state index contributed by atoms with van der Waals surface area (Å²) in [4.78, 5) is 4.83. The summed E-state index contributed by atoms with van der Waals surface area (Å²) in [5, 5.41) is 12.9. The summed E-state index contributed by atoms with van der Waals surface area (Å²) in [6.45, 7) is 4.03. The molecule has 0 aromatic heterocycles. The van der Waals surface area contributed by atoms with Gasteiger partial charge < -0.3 is 16.2 Å². The fourth-order valence-electron chi connectivity index (χ4n) is 2.79. The van der Waals surface area contributed by atoms with E-state index in [-0.39, 0.29) is 5.75 Å². The number of nitrogens with one attached hydrogen (secondary N) is 1. The quantitative estimate of drug-likeness (QED) is 0.760. The molecule has 0 fully saturated rings. The van der Waals surface area contributed by atoms with Crippen LogP contribution in [0.1, 0.15) is 16.7 Å². The number of hydrogen-bond donors (Lipinski definition) is 3. The van der Waals surface area contributed by atoms with Crippen molar-refractivity contribution in [3.05, 3.63) is 76.5 Å². The summed E-state index contributed by atoms with van der Waals surface area (Å²) in [6, 6.07) is 15.4. The molecule has 0 unspecified atom stereocenters. The smallest absolute Gasteiger partial charge is 0.115 e. The number of aliphatic imine (C=N–C) groups is 1. The number of aromatic hydroxyl groups is 1. The summed E-state index contributed by atoms with van der Waals surface area (Å²) in [5.41, 5.74) is 12.3. The standard InChI is InChI=1S/C19H21N3O/c1-13-5-2-3-8-16(13)19(17-11-21-12-18(17)20)22-10-14-6-4-7-15(23)9-14/h2-9,21,23H,10-12,20H2,1H3. The van der Waals surface area contributed by atoms with Crippen molar-refractivity contribution in [3.8, 4) is 5.75 Å². The van der Waals surface area contributed by atoms with Crippen LogP contribution in [0.25, 0.3) is 0 Å². The van der Waals surface area contributed by atoms with Crippen LogP contribution in [0.2, 0.25) is 0 Å². The van der Waals surface area contributed by atoms with Crippen molar-refractivity contribution in [2.45, 2.75) is 13.5 Å². The summed E-state index contributed by atoms with van der Waals surface area (Å²) in [5.74, 6) is 0.261. The van der Waals surface area contributed by atoms with E-state index in [1.54, 1.807) is 12.1 Å². The maximum absolute atomic E-state index is 9.61. The molecule has 0 bridgehead atoms. The normalized spacial score (nSPS) is 15.3. The van der Waals surface area contributed by atoms with E-state index >= 15 is 0 Å². The number of nitrogens with zero attached hydrogens (tertiary/aromatic N) is 1. The number of hydrogen-bond acceptors (Lipinski definition) is 4. The molecule has 0 spiro atoms. The molecular weight excluding hydrogens is 286 g/mol. The first kappa shape index (κ1) is 15.3. The van der Waals surface area contributed by atoms with Crippen molar-refractivity contribution < 1.29 is 5.11 Å². The summed E-state index contributed by atoms with van der Waals surface area (Å²) >= 11 is 0. The van der Waals surface area contributed by atoms with Crippen molar-refractivity contribution in [3.63, 3.8) is 0 Å². The zero-order valence-electron chi connectivity index (χ0n) is 13.2. The van der Waals surface area contributed by atoms with E-state index in [0.717, 1.165) is 34.7 Å². The molecule has 23 heavy (non-hydrogen) atoms. The third kappa shape index (κ3) is 3.43. The molecule has 0 saturated heterocycles. The largest absolute Gasteiger partial charge is 0.508 e. The van der Waals surface area contributed by atoms with Gasteiger partial charge >= 0.3 is 0 Å². The molecule has 0 aliphatic carbocycles. The van der Waals surface area contributed by atoms with Crippen LogP contribution < -0.4 is 11.1 Å². The highest BCUT2D eigenvalue weighted by Gasteiger charge is 2.19. The third-order valence-electron chi connectivity index (χ3n) is 4.02. The highest BCUT2D eigenvalue weighted by atomic mass is 16.3. The van der Waals surface area contributed by atoms with Crippen LogP contribution in [0.15, 0.2) is 64.8 Å². The van der Waals surface area contributed by atoms with Crippen LogP contribution in [0.5, 0.6) is 5.75 Å². The van der Waals surface area contributed by atoms with Gasteiger partial charge in [-0.05, 0) is 30.2 Å². The molecule has 0 saturated carbocycles. The summed E-state index contributed by atoms with van der Waals surface area (Å²) in [7, 11) is 0. The molecule has 1 aliphatic rings. The Labute approximate surface area is 136 Å². The number of rotatable bonds is 4. The monoisotopic (exact) mass is 307 g/mol. The Morgan fingerprint density at radius 2 is 2.00 bits per heavy atom. The Hall–Kier alpha value is -2.59. The van der Waals surface area contributed by atoms with E-state index in [1.807, 2.05) is 24.3 Å². The first-order chi connectivity index (χ1) is 11.1. The Morgan fingerprint density at radius 3 is 2.70 bits per heavy atom. The molecule has 2 aromatic rings. The molecule has 1 heterocycles. The van der Waals surface area contributed by atoms with Crippen LogP contribution in [-0.4, -0.2) is 23.9 Å². The predicted octanol–water partition coefficient (Wildman–Crippen LogP) is 2.51. The predicted molar refractivity (Wildman–Crippen MR) is 93.6 cm³/mol. The SMILES string of the molecule is Cc1ccccc1C(=NCc1cccc(O)c1)C1=C(N)CNC1. The van der Waals surface area contributed by atoms with Gasteiger partial charge in [0.1, 0.15) is 5.75 Å². The Kier molecular flexibility index (Phi) is 4.44. The Balaban J connectivity index is 2.00. The van der Waals surface area contributed by atoms with Gasteiger partial charge in [0, 0.05) is 29.9 Å². The van der Waals surface area contributed by atoms with E-state index < -0.39 is 0 Å². The van der Waals surface area contributed by atoms with Gasteiger partial charge in [0.25, 0.3) is 0 Å². The van der Waals surface area contributed by atoms with Gasteiger partial charge in [-0.15, -0.1) is 0 Å². The highest BCUT2D eigenvalue weighted by Crippen LogP contribution is 2.19. The minimum Gasteiger partial charge on any atom is -0.508 e. The molecule has 0 amide bonds. The fourth-order valence-corrected chi connectivity index (χ4v) is 2.79. The molecular formula is C19H21N3O. The van der Waals surface area contributed by atoms with E-state index in [1.165, 1.54) is 5.56 Å². The van der Waals surface area contributed by atoms with Gasteiger partial charge in [0.15, 0.2) is 0 Å². The number of phenolic OH excluding ortho intramolecular Hbond substituents is 1. The molecule has 4 N–H and O–H groups in total. The Bertz CT molecular complexity index is 778. The lowest BCUT2D eigenvalue weighted by atomic mass is 9.97. The molecule has 118 valence electrons. The molecule has 0 radical (unpaired) electrons. The van der Waals surface area contributed by atoms with Gasteiger partial charge in [-0.2, -0.15) is 0 Å². The summed E-state index contributed by atoms with van der Waals surface area (Å²) in [6.07, 6.45) is 0. The van der Waals surface area contributed by atoms with Crippen molar-refractivity contribution in [2.75, 3.05) is 13.1 Å². The molecule has 0 atom stereocenters. The molecule has 1 aliphatic heterocycles. The molecule has 4 nitrogen and oxygen atoms in total. The minimum absolute atomic E-state index is 0.261. The second-order valence-corrected chi connectivity index (χ2v) is 5.76. The number of benzene rings is 2. The first-order valence-corrected chi connectivity index (χ1v) is 7.72. The lowest BCUT2D eigenvalue weighted by molar-refractivity contribution is 0.474. The number of phenols is 1. The summed E-state index contributed by atoms with van der Waals surface area (Å²) < 4.78 is 0. The van der Waals surface area contributed by atoms with Crippen LogP contribution in [0.3, 0.4) is 0 Å². The van der Waals surface area contributed by atoms with E-state index in [0.29, 0.717) is 13.1 Å². The maximum atomic E-state index is 9.61. The molecule has 3 rings (SSSR count). The maximum Gasteiger partial charge on any atom is 0.115 e. The van der Waals surface area contributed by atoms with E-state index in [9.17, 15) is 5.11 Å². The van der Waals surface area contributed by atoms with Crippen molar-refractivity contribution in [2.24, 2.45) is 10.7 Å². The zero-order valence-corrected chi connectivity index (χ0v) is 13.2. The highest BCUT2D eigenvalue weighted by molar-refractivity contribution is 6.14. The van der Waals surface area contributed by atoms with Crippen molar-refractivity contribution >= 4 is 5.71 Å². The number of aryl methyl sites for hydroxylation is 1. The van der Waals surface area contributed by atoms with Crippen LogP contribution in [-0.2, 0) is 6.54 Å². The average Bonchev–Trinajstić information content (AvgIpc) is 2.95. The van der Waals surface area contributed by atoms with Gasteiger partial charge in [0.2, 0.25) is 0 Å². The van der Waals surface area contributed by atoms with E-state index in [4.69, 9.17) is 10.7 Å². The van der Waals surface area contributed by atoms with E-state index in [2.05, 4.69) is 24.4 Å². The molecule has 4 heteroatoms. The topological polar surface area (TPSA) is 70.6 Å². The van der Waals surface area contributed by atoms with Crippen molar-refractivity contribution in [1.82, 2.24) is 5.32 Å². The number of nitrogens with two attached hydrogens (primary N) is 1. The van der Waals surface area contributed by atoms with Gasteiger partial charge in [-0.25, -0.2) is 0 Å². The van der Waals surface area contributed by atoms with Crippen LogP contribution in [0, 0.1) is 6.92 Å². The van der Waals surface area contributed by atoms with Gasteiger partial charge in [-0.3, -0.25) is 4.99 Å². The first-order valence-electron chi connectivity index (χ1n) is 7.72. The zero-order chi connectivity index (χ0) is 16.2. The second-order valence-electron chi connectivity index (χ2n) is 5.76. The lowest BCUT2D eigenvalue weighted by Crippen LogP contribution is -2.15. The third-order valence-corrected chi connectivity index (χ3v) is 4.02. The van der Waals surface area contributed by atoms with Crippen LogP contribution in [0.4, 0.5) is 0 Å². The lowest BCUT2D eigenvalue weighted by Gasteiger charge is -2.12. The minimum atomic E-state index is 0.261. The Morgan fingerprint density at radius 1 is 1.17 bits per heavy atom. The van der Waals surface area contributed by atoms with Gasteiger partial charge in [0.05, 0.1) is 12.3 Å². The van der Waals surface area contributed by atoms with Crippen molar-refractivity contribution in [1.29, 1.82) is 0 Å². The van der Waals surface area contributed by atoms with Gasteiger partial charge in [-0.1, -0.05) is 36.4 Å². The average molecular weight is 307 g/mol. The molecule has 2 aromatic carbocycles. The van der Waals surface area contributed by atoms with Crippen LogP contribution >= 0.6 is 0 Å². The fraction of sp³-hybridized carbons (Fsp3) is 0.211. The second kappa shape index (κ2) is 6.67.